The largest absolute Gasteiger partial charge is 0.456 e. The number of benzene rings is 2. The number of hydrogen-bond donors (Lipinski definition) is 2. The summed E-state index contributed by atoms with van der Waals surface area (Å²) >= 11 is 6.02. The Bertz CT molecular complexity index is 526. The highest BCUT2D eigenvalue weighted by Gasteiger charge is 2.03. The van der Waals surface area contributed by atoms with Crippen molar-refractivity contribution in [1.82, 2.24) is 0 Å². The lowest BCUT2D eigenvalue weighted by Crippen LogP contribution is -1.91. The molecule has 0 bridgehead atoms. The van der Waals surface area contributed by atoms with Crippen molar-refractivity contribution in [2.45, 2.75) is 6.42 Å². The van der Waals surface area contributed by atoms with E-state index in [-0.39, 0.29) is 6.61 Å². The van der Waals surface area contributed by atoms with Crippen molar-refractivity contribution < 1.29 is 9.84 Å². The van der Waals surface area contributed by atoms with Crippen LogP contribution in [-0.2, 0) is 6.42 Å². The smallest absolute Gasteiger partial charge is 0.146 e. The van der Waals surface area contributed by atoms with E-state index in [0.29, 0.717) is 28.6 Å². The maximum Gasteiger partial charge on any atom is 0.146 e. The highest BCUT2D eigenvalue weighted by Crippen LogP contribution is 2.30. The van der Waals surface area contributed by atoms with Crippen molar-refractivity contribution >= 4 is 17.3 Å². The normalized spacial score (nSPS) is 10.3. The molecule has 94 valence electrons. The number of hydrogen-bond acceptors (Lipinski definition) is 3. The zero-order chi connectivity index (χ0) is 13.0. The van der Waals surface area contributed by atoms with Crippen LogP contribution in [0.25, 0.3) is 0 Å². The minimum atomic E-state index is 0.143. The van der Waals surface area contributed by atoms with Crippen molar-refractivity contribution in [2.24, 2.45) is 0 Å². The van der Waals surface area contributed by atoms with Gasteiger partial charge in [-0.15, -0.1) is 0 Å². The summed E-state index contributed by atoms with van der Waals surface area (Å²) in [5, 5.41) is 9.31. The molecule has 0 unspecified atom stereocenters. The minimum absolute atomic E-state index is 0.143. The van der Waals surface area contributed by atoms with E-state index in [4.69, 9.17) is 27.2 Å². The molecule has 4 heteroatoms. The van der Waals surface area contributed by atoms with Gasteiger partial charge in [0.2, 0.25) is 0 Å². The molecule has 0 saturated carbocycles. The second-order valence-electron chi connectivity index (χ2n) is 3.91. The average molecular weight is 264 g/mol. The lowest BCUT2D eigenvalue weighted by atomic mass is 10.1. The van der Waals surface area contributed by atoms with E-state index >= 15 is 0 Å². The van der Waals surface area contributed by atoms with E-state index in [1.165, 1.54) is 0 Å². The number of nitrogen functional groups attached to an aromatic ring is 1. The fourth-order valence-electron chi connectivity index (χ4n) is 1.58. The number of anilines is 1. The monoisotopic (exact) mass is 263 g/mol. The third-order valence-electron chi connectivity index (χ3n) is 2.51. The highest BCUT2D eigenvalue weighted by atomic mass is 35.5. The van der Waals surface area contributed by atoms with Crippen LogP contribution in [0.2, 0.25) is 5.02 Å². The standard InChI is InChI=1S/C14H14ClNO2/c15-13-9-11(16)3-6-14(13)18-12-4-1-10(2-5-12)7-8-17/h1-6,9,17H,7-8,16H2. The van der Waals surface area contributed by atoms with Crippen LogP contribution in [0.5, 0.6) is 11.5 Å². The molecule has 2 aromatic rings. The average Bonchev–Trinajstić information content (AvgIpc) is 2.35. The van der Waals surface area contributed by atoms with Crippen molar-refractivity contribution in [3.05, 3.63) is 53.1 Å². The van der Waals surface area contributed by atoms with Crippen LogP contribution in [0.15, 0.2) is 42.5 Å². The third kappa shape index (κ3) is 3.15. The van der Waals surface area contributed by atoms with Crippen LogP contribution in [-0.4, -0.2) is 11.7 Å². The summed E-state index contributed by atoms with van der Waals surface area (Å²) < 4.78 is 5.65. The fourth-order valence-corrected chi connectivity index (χ4v) is 1.81. The summed E-state index contributed by atoms with van der Waals surface area (Å²) in [6.07, 6.45) is 0.642. The zero-order valence-corrected chi connectivity index (χ0v) is 10.5. The van der Waals surface area contributed by atoms with Gasteiger partial charge in [0.25, 0.3) is 0 Å². The Kier molecular flexibility index (Phi) is 4.07. The van der Waals surface area contributed by atoms with Crippen molar-refractivity contribution in [2.75, 3.05) is 12.3 Å². The molecule has 0 aliphatic heterocycles. The Hall–Kier alpha value is -1.71. The van der Waals surface area contributed by atoms with E-state index in [0.717, 1.165) is 5.56 Å². The van der Waals surface area contributed by atoms with Crippen molar-refractivity contribution in [1.29, 1.82) is 0 Å². The first kappa shape index (κ1) is 12.7. The molecule has 2 aromatic carbocycles. The summed E-state index contributed by atoms with van der Waals surface area (Å²) in [5.74, 6) is 1.27. The Morgan fingerprint density at radius 2 is 1.83 bits per heavy atom. The zero-order valence-electron chi connectivity index (χ0n) is 9.77. The molecule has 0 fully saturated rings. The molecule has 0 saturated heterocycles. The first-order valence-electron chi connectivity index (χ1n) is 5.62. The van der Waals surface area contributed by atoms with Crippen LogP contribution in [0, 0.1) is 0 Å². The number of rotatable bonds is 4. The maximum atomic E-state index is 8.83. The van der Waals surface area contributed by atoms with E-state index < -0.39 is 0 Å². The summed E-state index contributed by atoms with van der Waals surface area (Å²) in [7, 11) is 0. The summed E-state index contributed by atoms with van der Waals surface area (Å²) in [5.41, 5.74) is 7.28. The molecule has 3 nitrogen and oxygen atoms in total. The van der Waals surface area contributed by atoms with E-state index in [2.05, 4.69) is 0 Å². The first-order valence-corrected chi connectivity index (χ1v) is 5.99. The van der Waals surface area contributed by atoms with Gasteiger partial charge < -0.3 is 15.6 Å². The molecule has 0 atom stereocenters. The van der Waals surface area contributed by atoms with Gasteiger partial charge in [-0.25, -0.2) is 0 Å². The van der Waals surface area contributed by atoms with Crippen molar-refractivity contribution in [3.8, 4) is 11.5 Å². The minimum Gasteiger partial charge on any atom is -0.456 e. The Morgan fingerprint density at radius 1 is 1.11 bits per heavy atom. The Balaban J connectivity index is 2.13. The second-order valence-corrected chi connectivity index (χ2v) is 4.32. The molecular weight excluding hydrogens is 250 g/mol. The summed E-state index contributed by atoms with van der Waals surface area (Å²) in [4.78, 5) is 0. The Labute approximate surface area is 111 Å². The van der Waals surface area contributed by atoms with Gasteiger partial charge in [0.1, 0.15) is 11.5 Å². The molecule has 0 aliphatic carbocycles. The molecule has 0 heterocycles. The van der Waals surface area contributed by atoms with Gasteiger partial charge in [0, 0.05) is 12.3 Å². The van der Waals surface area contributed by atoms with Gasteiger partial charge in [0.15, 0.2) is 0 Å². The third-order valence-corrected chi connectivity index (χ3v) is 2.80. The van der Waals surface area contributed by atoms with Crippen LogP contribution < -0.4 is 10.5 Å². The predicted octanol–water partition coefficient (Wildman–Crippen LogP) is 3.25. The molecule has 2 rings (SSSR count). The molecule has 3 N–H and O–H groups in total. The van der Waals surface area contributed by atoms with Gasteiger partial charge in [-0.3, -0.25) is 0 Å². The molecule has 0 aromatic heterocycles. The summed E-state index contributed by atoms with van der Waals surface area (Å²) in [6, 6.07) is 12.6. The topological polar surface area (TPSA) is 55.5 Å². The maximum absolute atomic E-state index is 8.83. The molecular formula is C14H14ClNO2. The lowest BCUT2D eigenvalue weighted by molar-refractivity contribution is 0.299. The fraction of sp³-hybridized carbons (Fsp3) is 0.143. The number of aliphatic hydroxyl groups excluding tert-OH is 1. The van der Waals surface area contributed by atoms with Gasteiger partial charge in [-0.1, -0.05) is 23.7 Å². The molecule has 0 amide bonds. The molecule has 0 aliphatic rings. The van der Waals surface area contributed by atoms with E-state index in [1.807, 2.05) is 24.3 Å². The quantitative estimate of drug-likeness (QED) is 0.833. The number of nitrogens with two attached hydrogens (primary N) is 1. The predicted molar refractivity (Wildman–Crippen MR) is 73.2 cm³/mol. The van der Waals surface area contributed by atoms with Gasteiger partial charge in [-0.2, -0.15) is 0 Å². The van der Waals surface area contributed by atoms with Crippen molar-refractivity contribution in [3.63, 3.8) is 0 Å². The second kappa shape index (κ2) is 5.76. The lowest BCUT2D eigenvalue weighted by Gasteiger charge is -2.08. The van der Waals surface area contributed by atoms with Crippen LogP contribution in [0.4, 0.5) is 5.69 Å². The summed E-state index contributed by atoms with van der Waals surface area (Å²) in [6.45, 7) is 0.143. The van der Waals surface area contributed by atoms with Gasteiger partial charge >= 0.3 is 0 Å². The molecule has 0 radical (unpaired) electrons. The number of aliphatic hydroxyl groups is 1. The first-order chi connectivity index (χ1) is 8.69. The number of halogens is 1. The van der Waals surface area contributed by atoms with Crippen LogP contribution >= 0.6 is 11.6 Å². The molecule has 18 heavy (non-hydrogen) atoms. The molecule has 0 spiro atoms. The van der Waals surface area contributed by atoms with Gasteiger partial charge in [-0.05, 0) is 42.3 Å². The van der Waals surface area contributed by atoms with E-state index in [1.54, 1.807) is 18.2 Å². The van der Waals surface area contributed by atoms with Crippen LogP contribution in [0.3, 0.4) is 0 Å². The van der Waals surface area contributed by atoms with Crippen LogP contribution in [0.1, 0.15) is 5.56 Å². The number of ether oxygens (including phenoxy) is 1. The highest BCUT2D eigenvalue weighted by molar-refractivity contribution is 6.32. The Morgan fingerprint density at radius 3 is 2.44 bits per heavy atom. The van der Waals surface area contributed by atoms with E-state index in [9.17, 15) is 0 Å². The SMILES string of the molecule is Nc1ccc(Oc2ccc(CCO)cc2)c(Cl)c1. The van der Waals surface area contributed by atoms with Gasteiger partial charge in [0.05, 0.1) is 5.02 Å².